The first-order valence-corrected chi connectivity index (χ1v) is 10.6. The number of anilines is 1. The second kappa shape index (κ2) is 9.41. The number of nitrogens with zero attached hydrogens (tertiary/aromatic N) is 4. The van der Waals surface area contributed by atoms with Crippen LogP contribution in [-0.2, 0) is 11.3 Å². The fraction of sp³-hybridized carbons (Fsp3) is 0.545. The van der Waals surface area contributed by atoms with E-state index >= 15 is 0 Å². The Morgan fingerprint density at radius 3 is 2.62 bits per heavy atom. The Labute approximate surface area is 172 Å². The Hall–Kier alpha value is -2.38. The molecule has 2 fully saturated rings. The highest BCUT2D eigenvalue weighted by atomic mass is 16.3. The average Bonchev–Trinajstić information content (AvgIpc) is 3.37. The van der Waals surface area contributed by atoms with Crippen molar-refractivity contribution in [2.45, 2.75) is 38.0 Å². The van der Waals surface area contributed by atoms with Crippen molar-refractivity contribution < 1.29 is 9.90 Å². The number of piperazine rings is 1. The molecule has 0 bridgehead atoms. The van der Waals surface area contributed by atoms with Crippen molar-refractivity contribution in [3.8, 4) is 0 Å². The standard InChI is InChI=1S/C22H31N5O2/c28-21-16-18(17-27-9-4-8-23-27)15-20(21)24-22(29)7-10-25-11-13-26(14-12-25)19-5-2-1-3-6-19/h1-6,8-9,18,20-21,28H,7,10-17H2,(H,24,29)/t18?,20-,21-/m1/s1. The molecule has 7 heteroatoms. The van der Waals surface area contributed by atoms with Crippen LogP contribution >= 0.6 is 0 Å². The van der Waals surface area contributed by atoms with Gasteiger partial charge in [0.15, 0.2) is 0 Å². The lowest BCUT2D eigenvalue weighted by Gasteiger charge is -2.36. The second-order valence-electron chi connectivity index (χ2n) is 8.22. The van der Waals surface area contributed by atoms with Gasteiger partial charge in [-0.25, -0.2) is 0 Å². The topological polar surface area (TPSA) is 73.6 Å². The summed E-state index contributed by atoms with van der Waals surface area (Å²) in [5.74, 6) is 0.389. The number of aromatic nitrogens is 2. The van der Waals surface area contributed by atoms with Crippen molar-refractivity contribution in [2.75, 3.05) is 37.6 Å². The number of hydrogen-bond donors (Lipinski definition) is 2. The molecule has 2 aliphatic rings. The van der Waals surface area contributed by atoms with Gasteiger partial charge >= 0.3 is 0 Å². The molecule has 1 aromatic heterocycles. The molecule has 2 heterocycles. The number of nitrogens with one attached hydrogen (secondary N) is 1. The molecule has 1 aliphatic heterocycles. The molecule has 1 saturated heterocycles. The third-order valence-corrected chi connectivity index (χ3v) is 6.13. The fourth-order valence-electron chi connectivity index (χ4n) is 4.50. The van der Waals surface area contributed by atoms with Crippen molar-refractivity contribution in [2.24, 2.45) is 5.92 Å². The van der Waals surface area contributed by atoms with E-state index in [9.17, 15) is 9.90 Å². The van der Waals surface area contributed by atoms with E-state index in [0.717, 1.165) is 45.7 Å². The predicted octanol–water partition coefficient (Wildman–Crippen LogP) is 1.35. The lowest BCUT2D eigenvalue weighted by Crippen LogP contribution is -2.48. The molecule has 3 atom stereocenters. The maximum absolute atomic E-state index is 12.4. The van der Waals surface area contributed by atoms with Crippen LogP contribution in [-0.4, -0.2) is 70.6 Å². The van der Waals surface area contributed by atoms with Gasteiger partial charge in [-0.2, -0.15) is 5.10 Å². The first kappa shape index (κ1) is 19.9. The highest BCUT2D eigenvalue weighted by Gasteiger charge is 2.34. The zero-order valence-electron chi connectivity index (χ0n) is 16.9. The molecular formula is C22H31N5O2. The molecule has 1 unspecified atom stereocenters. The Bertz CT molecular complexity index is 759. The summed E-state index contributed by atoms with van der Waals surface area (Å²) in [5.41, 5.74) is 1.27. The quantitative estimate of drug-likeness (QED) is 0.738. The maximum atomic E-state index is 12.4. The van der Waals surface area contributed by atoms with E-state index < -0.39 is 6.10 Å². The van der Waals surface area contributed by atoms with Gasteiger partial charge in [0.2, 0.25) is 5.91 Å². The normalized spacial score (nSPS) is 25.3. The van der Waals surface area contributed by atoms with Gasteiger partial charge in [-0.3, -0.25) is 14.4 Å². The Morgan fingerprint density at radius 1 is 1.10 bits per heavy atom. The van der Waals surface area contributed by atoms with Crippen molar-refractivity contribution >= 4 is 11.6 Å². The van der Waals surface area contributed by atoms with E-state index in [1.165, 1.54) is 5.69 Å². The average molecular weight is 398 g/mol. The lowest BCUT2D eigenvalue weighted by molar-refractivity contribution is -0.122. The highest BCUT2D eigenvalue weighted by molar-refractivity contribution is 5.76. The van der Waals surface area contributed by atoms with Crippen LogP contribution in [0.5, 0.6) is 0 Å². The highest BCUT2D eigenvalue weighted by Crippen LogP contribution is 2.27. The minimum atomic E-state index is -0.464. The van der Waals surface area contributed by atoms with Crippen LogP contribution in [0.4, 0.5) is 5.69 Å². The molecule has 0 spiro atoms. The number of aliphatic hydroxyl groups excluding tert-OH is 1. The second-order valence-corrected chi connectivity index (χ2v) is 8.22. The summed E-state index contributed by atoms with van der Waals surface area (Å²) in [6.45, 7) is 5.49. The Balaban J connectivity index is 1.16. The zero-order chi connectivity index (χ0) is 20.1. The van der Waals surface area contributed by atoms with Crippen LogP contribution in [0.3, 0.4) is 0 Å². The molecule has 1 aliphatic carbocycles. The number of aliphatic hydroxyl groups is 1. The minimum Gasteiger partial charge on any atom is -0.391 e. The van der Waals surface area contributed by atoms with Gasteiger partial charge in [-0.1, -0.05) is 18.2 Å². The number of para-hydroxylation sites is 1. The van der Waals surface area contributed by atoms with Crippen LogP contribution in [0, 0.1) is 5.92 Å². The first-order valence-electron chi connectivity index (χ1n) is 10.6. The monoisotopic (exact) mass is 397 g/mol. The number of amides is 1. The van der Waals surface area contributed by atoms with Gasteiger partial charge in [0.1, 0.15) is 0 Å². The van der Waals surface area contributed by atoms with E-state index in [1.807, 2.05) is 23.0 Å². The van der Waals surface area contributed by atoms with E-state index in [-0.39, 0.29) is 11.9 Å². The summed E-state index contributed by atoms with van der Waals surface area (Å²) in [5, 5.41) is 17.6. The van der Waals surface area contributed by atoms with E-state index in [2.05, 4.69) is 44.5 Å². The molecule has 1 amide bonds. The third kappa shape index (κ3) is 5.36. The molecule has 29 heavy (non-hydrogen) atoms. The summed E-state index contributed by atoms with van der Waals surface area (Å²) < 4.78 is 1.90. The number of carbonyl (C=O) groups is 1. The molecule has 4 rings (SSSR count). The van der Waals surface area contributed by atoms with E-state index in [1.54, 1.807) is 6.20 Å². The third-order valence-electron chi connectivity index (χ3n) is 6.13. The zero-order valence-corrected chi connectivity index (χ0v) is 16.9. The van der Waals surface area contributed by atoms with Gasteiger partial charge in [-0.15, -0.1) is 0 Å². The van der Waals surface area contributed by atoms with Gasteiger partial charge in [-0.05, 0) is 37.0 Å². The van der Waals surface area contributed by atoms with Gasteiger partial charge in [0, 0.05) is 63.8 Å². The number of benzene rings is 1. The fourth-order valence-corrected chi connectivity index (χ4v) is 4.50. The van der Waals surface area contributed by atoms with Crippen LogP contribution < -0.4 is 10.2 Å². The van der Waals surface area contributed by atoms with E-state index in [0.29, 0.717) is 18.8 Å². The van der Waals surface area contributed by atoms with Crippen LogP contribution in [0.25, 0.3) is 0 Å². The van der Waals surface area contributed by atoms with Gasteiger partial charge in [0.05, 0.1) is 12.1 Å². The first-order chi connectivity index (χ1) is 14.2. The van der Waals surface area contributed by atoms with Crippen molar-refractivity contribution in [1.29, 1.82) is 0 Å². The molecule has 1 saturated carbocycles. The molecule has 156 valence electrons. The van der Waals surface area contributed by atoms with Gasteiger partial charge < -0.3 is 15.3 Å². The summed E-state index contributed by atoms with van der Waals surface area (Å²) in [6.07, 6.45) is 5.25. The van der Waals surface area contributed by atoms with Crippen molar-refractivity contribution in [1.82, 2.24) is 20.0 Å². The summed E-state index contributed by atoms with van der Waals surface area (Å²) in [6, 6.07) is 12.2. The Morgan fingerprint density at radius 2 is 1.90 bits per heavy atom. The summed E-state index contributed by atoms with van der Waals surface area (Å²) in [4.78, 5) is 17.2. The van der Waals surface area contributed by atoms with Crippen LogP contribution in [0.15, 0.2) is 48.8 Å². The number of rotatable bonds is 7. The number of hydrogen-bond acceptors (Lipinski definition) is 5. The van der Waals surface area contributed by atoms with Crippen molar-refractivity contribution in [3.05, 3.63) is 48.8 Å². The molecule has 2 N–H and O–H groups in total. The molecule has 1 aromatic carbocycles. The summed E-state index contributed by atoms with van der Waals surface area (Å²) >= 11 is 0. The lowest BCUT2D eigenvalue weighted by atomic mass is 10.1. The molecular weight excluding hydrogens is 366 g/mol. The molecule has 7 nitrogen and oxygen atoms in total. The largest absolute Gasteiger partial charge is 0.391 e. The number of carbonyl (C=O) groups excluding carboxylic acids is 1. The van der Waals surface area contributed by atoms with E-state index in [4.69, 9.17) is 0 Å². The SMILES string of the molecule is O=C(CCN1CCN(c2ccccc2)CC1)N[C@@H]1CC(Cn2cccn2)C[C@H]1O. The van der Waals surface area contributed by atoms with Crippen LogP contribution in [0.1, 0.15) is 19.3 Å². The predicted molar refractivity (Wildman–Crippen MR) is 113 cm³/mol. The van der Waals surface area contributed by atoms with Crippen LogP contribution in [0.2, 0.25) is 0 Å². The maximum Gasteiger partial charge on any atom is 0.221 e. The smallest absolute Gasteiger partial charge is 0.221 e. The van der Waals surface area contributed by atoms with Crippen molar-refractivity contribution in [3.63, 3.8) is 0 Å². The summed E-state index contributed by atoms with van der Waals surface area (Å²) in [7, 11) is 0. The Kier molecular flexibility index (Phi) is 6.46. The minimum absolute atomic E-state index is 0.0410. The molecule has 0 radical (unpaired) electrons. The molecule has 2 aromatic rings. The van der Waals surface area contributed by atoms with Gasteiger partial charge in [0.25, 0.3) is 0 Å².